The number of benzene rings is 3. The maximum absolute atomic E-state index is 13.6. The second kappa shape index (κ2) is 7.75. The fourth-order valence-corrected chi connectivity index (χ4v) is 4.33. The van der Waals surface area contributed by atoms with Gasteiger partial charge in [0.15, 0.2) is 0 Å². The number of nitrogens with zero attached hydrogens (tertiary/aromatic N) is 2. The second-order valence-corrected chi connectivity index (χ2v) is 8.60. The molecule has 1 aliphatic heterocycles. The number of anilines is 1. The van der Waals surface area contributed by atoms with E-state index in [0.717, 1.165) is 27.9 Å². The molecule has 1 aliphatic rings. The van der Waals surface area contributed by atoms with Gasteiger partial charge in [-0.2, -0.15) is 5.10 Å². The highest BCUT2D eigenvalue weighted by molar-refractivity contribution is 6.11. The van der Waals surface area contributed by atoms with E-state index in [2.05, 4.69) is 48.3 Å². The van der Waals surface area contributed by atoms with E-state index in [1.165, 1.54) is 17.7 Å². The zero-order valence-electron chi connectivity index (χ0n) is 18.3. The molecule has 0 saturated carbocycles. The summed E-state index contributed by atoms with van der Waals surface area (Å²) < 4.78 is 13.6. The van der Waals surface area contributed by atoms with Gasteiger partial charge in [-0.1, -0.05) is 67.9 Å². The van der Waals surface area contributed by atoms with Gasteiger partial charge in [0.05, 0.1) is 11.7 Å². The number of aryl methyl sites for hydroxylation is 1. The van der Waals surface area contributed by atoms with Crippen molar-refractivity contribution < 1.29 is 9.18 Å². The summed E-state index contributed by atoms with van der Waals surface area (Å²) in [6.45, 7) is 6.35. The van der Waals surface area contributed by atoms with Crippen LogP contribution in [-0.2, 0) is 0 Å². The summed E-state index contributed by atoms with van der Waals surface area (Å²) in [7, 11) is 0. The number of aromatic amines is 1. The number of carbonyl (C=O) groups is 1. The Bertz CT molecular complexity index is 1270. The van der Waals surface area contributed by atoms with Crippen LogP contribution in [0.15, 0.2) is 72.8 Å². The molecule has 1 N–H and O–H groups in total. The smallest absolute Gasteiger partial charge is 0.277 e. The van der Waals surface area contributed by atoms with Gasteiger partial charge in [-0.25, -0.2) is 4.39 Å². The monoisotopic (exact) mass is 425 g/mol. The standard InChI is InChI=1S/C27H24FN3O/c1-16(2)18-8-10-20(11-9-18)26-23-24(19-6-4-17(3)5-7-19)29-30-25(23)27(32)31(26)22-14-12-21(28)13-15-22/h4-16,26H,1-3H3,(H,29,30)/t26-/m0/s1. The van der Waals surface area contributed by atoms with Crippen LogP contribution < -0.4 is 4.90 Å². The van der Waals surface area contributed by atoms with Crippen molar-refractivity contribution in [3.63, 3.8) is 0 Å². The molecule has 0 saturated heterocycles. The van der Waals surface area contributed by atoms with E-state index < -0.39 is 0 Å². The van der Waals surface area contributed by atoms with E-state index >= 15 is 0 Å². The van der Waals surface area contributed by atoms with Crippen LogP contribution in [-0.4, -0.2) is 16.1 Å². The maximum atomic E-state index is 13.6. The highest BCUT2D eigenvalue weighted by Gasteiger charge is 2.43. The van der Waals surface area contributed by atoms with E-state index in [1.807, 2.05) is 31.2 Å². The third kappa shape index (κ3) is 3.30. The Hall–Kier alpha value is -3.73. The highest BCUT2D eigenvalue weighted by atomic mass is 19.1. The zero-order chi connectivity index (χ0) is 22.4. The molecule has 160 valence electrons. The van der Waals surface area contributed by atoms with Crippen LogP contribution in [0.2, 0.25) is 0 Å². The van der Waals surface area contributed by atoms with Gasteiger partial charge in [0.2, 0.25) is 0 Å². The largest absolute Gasteiger partial charge is 0.295 e. The van der Waals surface area contributed by atoms with E-state index in [9.17, 15) is 9.18 Å². The lowest BCUT2D eigenvalue weighted by Gasteiger charge is -2.27. The van der Waals surface area contributed by atoms with Crippen LogP contribution in [0.4, 0.5) is 10.1 Å². The third-order valence-corrected chi connectivity index (χ3v) is 6.12. The molecular weight excluding hydrogens is 401 g/mol. The van der Waals surface area contributed by atoms with Crippen molar-refractivity contribution in [3.8, 4) is 11.3 Å². The topological polar surface area (TPSA) is 49.0 Å². The molecule has 0 unspecified atom stereocenters. The Balaban J connectivity index is 1.69. The summed E-state index contributed by atoms with van der Waals surface area (Å²) in [4.78, 5) is 15.2. The van der Waals surface area contributed by atoms with Crippen LogP contribution in [0.5, 0.6) is 0 Å². The minimum atomic E-state index is -0.362. The van der Waals surface area contributed by atoms with Gasteiger partial charge in [-0.3, -0.25) is 14.8 Å². The molecule has 0 fully saturated rings. The Labute approximate surface area is 186 Å². The summed E-state index contributed by atoms with van der Waals surface area (Å²) >= 11 is 0. The predicted molar refractivity (Wildman–Crippen MR) is 124 cm³/mol. The number of halogens is 1. The first-order valence-electron chi connectivity index (χ1n) is 10.8. The molecule has 0 radical (unpaired) electrons. The van der Waals surface area contributed by atoms with Gasteiger partial charge >= 0.3 is 0 Å². The molecule has 2 heterocycles. The molecule has 4 aromatic rings. The zero-order valence-corrected chi connectivity index (χ0v) is 18.3. The number of aromatic nitrogens is 2. The minimum absolute atomic E-state index is 0.171. The summed E-state index contributed by atoms with van der Waals surface area (Å²) in [5.41, 5.74) is 7.06. The Morgan fingerprint density at radius 1 is 0.938 bits per heavy atom. The lowest BCUT2D eigenvalue weighted by molar-refractivity contribution is 0.0988. The number of carbonyl (C=O) groups excluding carboxylic acids is 1. The van der Waals surface area contributed by atoms with Crippen molar-refractivity contribution >= 4 is 11.6 Å². The summed E-state index contributed by atoms with van der Waals surface area (Å²) in [6.07, 6.45) is 0. The molecule has 32 heavy (non-hydrogen) atoms. The number of rotatable bonds is 4. The molecule has 0 aliphatic carbocycles. The van der Waals surface area contributed by atoms with Crippen molar-refractivity contribution in [2.75, 3.05) is 4.90 Å². The first-order valence-corrected chi connectivity index (χ1v) is 10.8. The summed E-state index contributed by atoms with van der Waals surface area (Å²) in [5.74, 6) is -0.0933. The normalized spacial score (nSPS) is 15.5. The van der Waals surface area contributed by atoms with Gasteiger partial charge in [-0.15, -0.1) is 0 Å². The fraction of sp³-hybridized carbons (Fsp3) is 0.185. The Morgan fingerprint density at radius 2 is 1.59 bits per heavy atom. The van der Waals surface area contributed by atoms with E-state index in [-0.39, 0.29) is 17.8 Å². The van der Waals surface area contributed by atoms with Gasteiger partial charge in [0, 0.05) is 16.8 Å². The Morgan fingerprint density at radius 3 is 2.22 bits per heavy atom. The Kier molecular flexibility index (Phi) is 4.89. The summed E-state index contributed by atoms with van der Waals surface area (Å²) in [5, 5.41) is 7.49. The molecule has 3 aromatic carbocycles. The molecule has 4 nitrogen and oxygen atoms in total. The maximum Gasteiger partial charge on any atom is 0.277 e. The van der Waals surface area contributed by atoms with Gasteiger partial charge in [-0.05, 0) is 48.2 Å². The molecule has 1 amide bonds. The van der Waals surface area contributed by atoms with Gasteiger partial charge in [0.25, 0.3) is 5.91 Å². The second-order valence-electron chi connectivity index (χ2n) is 8.60. The van der Waals surface area contributed by atoms with Crippen LogP contribution in [0.1, 0.15) is 58.5 Å². The minimum Gasteiger partial charge on any atom is -0.295 e. The molecule has 1 atom stereocenters. The first-order chi connectivity index (χ1) is 15.4. The fourth-order valence-electron chi connectivity index (χ4n) is 4.33. The van der Waals surface area contributed by atoms with Crippen molar-refractivity contribution in [2.24, 2.45) is 0 Å². The SMILES string of the molecule is Cc1ccc(-c2n[nH]c3c2[C@H](c2ccc(C(C)C)cc2)N(c2ccc(F)cc2)C3=O)cc1. The molecule has 5 rings (SSSR count). The predicted octanol–water partition coefficient (Wildman–Crippen LogP) is 6.40. The van der Waals surface area contributed by atoms with Crippen molar-refractivity contribution in [1.82, 2.24) is 10.2 Å². The van der Waals surface area contributed by atoms with E-state index in [0.29, 0.717) is 17.3 Å². The van der Waals surface area contributed by atoms with Crippen molar-refractivity contribution in [2.45, 2.75) is 32.7 Å². The molecular formula is C27H24FN3O. The quantitative estimate of drug-likeness (QED) is 0.411. The van der Waals surface area contributed by atoms with Gasteiger partial charge < -0.3 is 0 Å². The van der Waals surface area contributed by atoms with E-state index in [1.54, 1.807) is 17.0 Å². The number of fused-ring (bicyclic) bond motifs is 1. The number of H-pyrrole nitrogens is 1. The molecule has 0 spiro atoms. The summed E-state index contributed by atoms with van der Waals surface area (Å²) in [6, 6.07) is 22.2. The molecule has 5 heteroatoms. The number of nitrogens with one attached hydrogen (secondary N) is 1. The highest BCUT2D eigenvalue weighted by Crippen LogP contribution is 2.45. The number of hydrogen-bond acceptors (Lipinski definition) is 2. The number of hydrogen-bond donors (Lipinski definition) is 1. The number of amides is 1. The lowest BCUT2D eigenvalue weighted by Crippen LogP contribution is -2.29. The van der Waals surface area contributed by atoms with Crippen LogP contribution in [0.25, 0.3) is 11.3 Å². The van der Waals surface area contributed by atoms with Gasteiger partial charge in [0.1, 0.15) is 11.5 Å². The third-order valence-electron chi connectivity index (χ3n) is 6.12. The average molecular weight is 426 g/mol. The average Bonchev–Trinajstić information content (AvgIpc) is 3.34. The lowest BCUT2D eigenvalue weighted by atomic mass is 9.93. The van der Waals surface area contributed by atoms with Crippen molar-refractivity contribution in [3.05, 3.63) is 107 Å². The molecule has 0 bridgehead atoms. The first kappa shape index (κ1) is 20.2. The van der Waals surface area contributed by atoms with E-state index in [4.69, 9.17) is 0 Å². The van der Waals surface area contributed by atoms with Crippen LogP contribution in [0, 0.1) is 12.7 Å². The van der Waals surface area contributed by atoms with Crippen molar-refractivity contribution in [1.29, 1.82) is 0 Å². The van der Waals surface area contributed by atoms with Crippen LogP contribution >= 0.6 is 0 Å². The molecule has 1 aromatic heterocycles. The van der Waals surface area contributed by atoms with Crippen LogP contribution in [0.3, 0.4) is 0 Å².